The SMILES string of the molecule is Cc1nn(CC(F)(F)F)c(C)c1CC(=O)N1CCCC2(CC2C(=O)O)C1. The first-order chi connectivity index (χ1) is 12.0. The van der Waals surface area contributed by atoms with E-state index in [1.165, 1.54) is 6.92 Å². The number of carbonyl (C=O) groups is 2. The Balaban J connectivity index is 1.70. The minimum atomic E-state index is -4.37. The molecule has 9 heteroatoms. The van der Waals surface area contributed by atoms with Gasteiger partial charge in [-0.15, -0.1) is 0 Å². The fraction of sp³-hybridized carbons (Fsp3) is 0.706. The van der Waals surface area contributed by atoms with Crippen LogP contribution in [0.25, 0.3) is 0 Å². The van der Waals surface area contributed by atoms with E-state index in [0.717, 1.165) is 17.5 Å². The molecule has 1 aromatic rings. The van der Waals surface area contributed by atoms with Crippen LogP contribution in [0.2, 0.25) is 0 Å². The van der Waals surface area contributed by atoms with Gasteiger partial charge in [0.1, 0.15) is 6.54 Å². The number of aryl methyl sites for hydroxylation is 1. The highest BCUT2D eigenvalue weighted by molar-refractivity contribution is 5.80. The molecule has 1 aliphatic carbocycles. The molecule has 2 atom stereocenters. The number of aliphatic carboxylic acids is 1. The zero-order chi connectivity index (χ0) is 19.3. The van der Waals surface area contributed by atoms with Crippen LogP contribution in [0.3, 0.4) is 0 Å². The Hall–Kier alpha value is -2.06. The fourth-order valence-corrected chi connectivity index (χ4v) is 4.10. The third-order valence-electron chi connectivity index (χ3n) is 5.64. The Bertz CT molecular complexity index is 744. The van der Waals surface area contributed by atoms with Gasteiger partial charge in [-0.05, 0) is 33.1 Å². The third kappa shape index (κ3) is 3.57. The monoisotopic (exact) mass is 373 g/mol. The molecule has 3 rings (SSSR count). The number of hydrogen-bond acceptors (Lipinski definition) is 3. The van der Waals surface area contributed by atoms with Crippen molar-refractivity contribution in [3.05, 3.63) is 17.0 Å². The number of carbonyl (C=O) groups excluding carboxylic acids is 1. The quantitative estimate of drug-likeness (QED) is 0.879. The average molecular weight is 373 g/mol. The molecule has 1 N–H and O–H groups in total. The minimum Gasteiger partial charge on any atom is -0.481 e. The standard InChI is InChI=1S/C17H22F3N3O3/c1-10-12(11(2)23(21-10)9-17(18,19)20)6-14(24)22-5-3-4-16(8-22)7-13(16)15(25)26/h13H,3-9H2,1-2H3,(H,25,26). The lowest BCUT2D eigenvalue weighted by molar-refractivity contribution is -0.143. The summed E-state index contributed by atoms with van der Waals surface area (Å²) in [6.45, 7) is 2.93. The largest absolute Gasteiger partial charge is 0.481 e. The van der Waals surface area contributed by atoms with E-state index >= 15 is 0 Å². The number of piperidine rings is 1. The number of alkyl halides is 3. The van der Waals surface area contributed by atoms with Gasteiger partial charge in [0.25, 0.3) is 0 Å². The molecule has 6 nitrogen and oxygen atoms in total. The van der Waals surface area contributed by atoms with Gasteiger partial charge < -0.3 is 10.0 Å². The topological polar surface area (TPSA) is 75.4 Å². The van der Waals surface area contributed by atoms with E-state index in [1.807, 2.05) is 0 Å². The van der Waals surface area contributed by atoms with E-state index in [1.54, 1.807) is 11.8 Å². The Labute approximate surface area is 149 Å². The Kier molecular flexibility index (Phi) is 4.52. The summed E-state index contributed by atoms with van der Waals surface area (Å²) in [5.74, 6) is -1.40. The first kappa shape index (κ1) is 18.7. The predicted octanol–water partition coefficient (Wildman–Crippen LogP) is 2.32. The first-order valence-corrected chi connectivity index (χ1v) is 8.63. The molecule has 1 aromatic heterocycles. The number of aromatic nitrogens is 2. The van der Waals surface area contributed by atoms with Crippen molar-refractivity contribution >= 4 is 11.9 Å². The van der Waals surface area contributed by atoms with Crippen LogP contribution >= 0.6 is 0 Å². The maximum absolute atomic E-state index is 12.7. The van der Waals surface area contributed by atoms with Gasteiger partial charge in [-0.2, -0.15) is 18.3 Å². The summed E-state index contributed by atoms with van der Waals surface area (Å²) in [5, 5.41) is 13.1. The number of hydrogen-bond donors (Lipinski definition) is 1. The molecular weight excluding hydrogens is 351 g/mol. The van der Waals surface area contributed by atoms with Crippen molar-refractivity contribution in [2.24, 2.45) is 11.3 Å². The van der Waals surface area contributed by atoms with Gasteiger partial charge in [0.2, 0.25) is 5.91 Å². The van der Waals surface area contributed by atoms with E-state index in [-0.39, 0.29) is 17.7 Å². The van der Waals surface area contributed by atoms with Crippen molar-refractivity contribution in [3.8, 4) is 0 Å². The van der Waals surface area contributed by atoms with E-state index in [2.05, 4.69) is 5.10 Å². The number of carboxylic acid groups (broad SMARTS) is 1. The van der Waals surface area contributed by atoms with Crippen LogP contribution in [0.1, 0.15) is 36.2 Å². The Morgan fingerprint density at radius 2 is 2.04 bits per heavy atom. The molecule has 144 valence electrons. The lowest BCUT2D eigenvalue weighted by Crippen LogP contribution is -2.42. The zero-order valence-electron chi connectivity index (χ0n) is 14.8. The summed E-state index contributed by atoms with van der Waals surface area (Å²) in [6.07, 6.45) is -2.24. The fourth-order valence-electron chi connectivity index (χ4n) is 4.10. The second-order valence-electron chi connectivity index (χ2n) is 7.48. The van der Waals surface area contributed by atoms with Crippen LogP contribution in [0.5, 0.6) is 0 Å². The number of likely N-dealkylation sites (tertiary alicyclic amines) is 1. The summed E-state index contributed by atoms with van der Waals surface area (Å²) in [7, 11) is 0. The number of halogens is 3. The Morgan fingerprint density at radius 3 is 2.62 bits per heavy atom. The molecule has 1 aliphatic heterocycles. The molecule has 2 aliphatic rings. The van der Waals surface area contributed by atoms with E-state index in [0.29, 0.717) is 36.5 Å². The first-order valence-electron chi connectivity index (χ1n) is 8.63. The predicted molar refractivity (Wildman–Crippen MR) is 85.4 cm³/mol. The van der Waals surface area contributed by atoms with Crippen molar-refractivity contribution in [3.63, 3.8) is 0 Å². The summed E-state index contributed by atoms with van der Waals surface area (Å²) >= 11 is 0. The summed E-state index contributed by atoms with van der Waals surface area (Å²) < 4.78 is 38.8. The molecular formula is C17H22F3N3O3. The van der Waals surface area contributed by atoms with Crippen LogP contribution in [0, 0.1) is 25.2 Å². The maximum Gasteiger partial charge on any atom is 0.408 e. The van der Waals surface area contributed by atoms with Gasteiger partial charge >= 0.3 is 12.1 Å². The van der Waals surface area contributed by atoms with E-state index < -0.39 is 24.6 Å². The third-order valence-corrected chi connectivity index (χ3v) is 5.64. The Morgan fingerprint density at radius 1 is 1.35 bits per heavy atom. The molecule has 26 heavy (non-hydrogen) atoms. The molecule has 0 radical (unpaired) electrons. The van der Waals surface area contributed by atoms with E-state index in [9.17, 15) is 27.9 Å². The summed E-state index contributed by atoms with van der Waals surface area (Å²) in [5.41, 5.74) is 0.963. The molecule has 2 fully saturated rings. The smallest absolute Gasteiger partial charge is 0.408 e. The van der Waals surface area contributed by atoms with Crippen LogP contribution in [0.15, 0.2) is 0 Å². The lowest BCUT2D eigenvalue weighted by atomic mass is 9.91. The number of rotatable bonds is 4. The van der Waals surface area contributed by atoms with Crippen LogP contribution in [0.4, 0.5) is 13.2 Å². The molecule has 1 saturated carbocycles. The highest BCUT2D eigenvalue weighted by atomic mass is 19.4. The maximum atomic E-state index is 12.7. The van der Waals surface area contributed by atoms with Crippen molar-refractivity contribution in [1.29, 1.82) is 0 Å². The normalized spacial score (nSPS) is 25.6. The molecule has 2 unspecified atom stereocenters. The second-order valence-corrected chi connectivity index (χ2v) is 7.48. The van der Waals surface area contributed by atoms with Gasteiger partial charge in [-0.1, -0.05) is 0 Å². The van der Waals surface area contributed by atoms with Crippen LogP contribution in [-0.4, -0.2) is 50.9 Å². The minimum absolute atomic E-state index is 0.0106. The average Bonchev–Trinajstić information content (AvgIpc) is 3.16. The zero-order valence-corrected chi connectivity index (χ0v) is 14.8. The van der Waals surface area contributed by atoms with Gasteiger partial charge in [0.15, 0.2) is 0 Å². The summed E-state index contributed by atoms with van der Waals surface area (Å²) in [6, 6.07) is 0. The van der Waals surface area contributed by atoms with Crippen LogP contribution < -0.4 is 0 Å². The highest BCUT2D eigenvalue weighted by Crippen LogP contribution is 2.58. The van der Waals surface area contributed by atoms with Gasteiger partial charge in [-0.25, -0.2) is 0 Å². The molecule has 1 spiro atoms. The van der Waals surface area contributed by atoms with Crippen molar-refractivity contribution < 1.29 is 27.9 Å². The number of carboxylic acids is 1. The second kappa shape index (κ2) is 6.28. The lowest BCUT2D eigenvalue weighted by Gasteiger charge is -2.33. The van der Waals surface area contributed by atoms with Gasteiger partial charge in [0.05, 0.1) is 18.0 Å². The molecule has 1 amide bonds. The molecule has 1 saturated heterocycles. The van der Waals surface area contributed by atoms with Crippen molar-refractivity contribution in [2.45, 2.75) is 52.3 Å². The number of nitrogens with zero attached hydrogens (tertiary/aromatic N) is 3. The highest BCUT2D eigenvalue weighted by Gasteiger charge is 2.60. The number of amides is 1. The van der Waals surface area contributed by atoms with Gasteiger partial charge in [0, 0.05) is 29.8 Å². The van der Waals surface area contributed by atoms with E-state index in [4.69, 9.17) is 0 Å². The summed E-state index contributed by atoms with van der Waals surface area (Å²) in [4.78, 5) is 25.5. The van der Waals surface area contributed by atoms with Crippen LogP contribution in [-0.2, 0) is 22.6 Å². The molecule has 0 aromatic carbocycles. The van der Waals surface area contributed by atoms with Gasteiger partial charge in [-0.3, -0.25) is 14.3 Å². The van der Waals surface area contributed by atoms with Crippen molar-refractivity contribution in [2.75, 3.05) is 13.1 Å². The van der Waals surface area contributed by atoms with Crippen molar-refractivity contribution in [1.82, 2.24) is 14.7 Å². The molecule has 2 heterocycles. The molecule has 0 bridgehead atoms.